The molecule has 0 aliphatic rings. The Bertz CT molecular complexity index is 1070. The second-order valence-corrected chi connectivity index (χ2v) is 6.41. The van der Waals surface area contributed by atoms with Crippen LogP contribution in [0.2, 0.25) is 0 Å². The van der Waals surface area contributed by atoms with Crippen molar-refractivity contribution in [2.45, 2.75) is 20.0 Å². The summed E-state index contributed by atoms with van der Waals surface area (Å²) < 4.78 is 48.7. The van der Waals surface area contributed by atoms with Crippen molar-refractivity contribution in [2.75, 3.05) is 11.9 Å². The molecule has 3 rings (SSSR count). The number of aryl methyl sites for hydroxylation is 1. The molecule has 156 valence electrons. The van der Waals surface area contributed by atoms with Gasteiger partial charge in [-0.1, -0.05) is 18.2 Å². The molecule has 0 fully saturated rings. The summed E-state index contributed by atoms with van der Waals surface area (Å²) in [4.78, 5) is 24.5. The van der Waals surface area contributed by atoms with Crippen molar-refractivity contribution in [2.24, 2.45) is 0 Å². The first kappa shape index (κ1) is 21.2. The van der Waals surface area contributed by atoms with E-state index in [4.69, 9.17) is 9.15 Å². The number of esters is 1. The number of ether oxygens (including phenoxy) is 1. The van der Waals surface area contributed by atoms with Gasteiger partial charge in [-0.15, -0.1) is 0 Å². The predicted molar refractivity (Wildman–Crippen MR) is 104 cm³/mol. The van der Waals surface area contributed by atoms with E-state index in [9.17, 15) is 22.8 Å². The highest BCUT2D eigenvalue weighted by atomic mass is 19.4. The molecule has 1 amide bonds. The summed E-state index contributed by atoms with van der Waals surface area (Å²) >= 11 is 0. The lowest BCUT2D eigenvalue weighted by atomic mass is 10.1. The van der Waals surface area contributed by atoms with Gasteiger partial charge in [0.25, 0.3) is 5.91 Å². The van der Waals surface area contributed by atoms with Crippen LogP contribution in [0.4, 0.5) is 18.9 Å². The minimum absolute atomic E-state index is 0.228. The summed E-state index contributed by atoms with van der Waals surface area (Å²) in [5, 5.41) is 2.67. The second kappa shape index (κ2) is 8.44. The maximum Gasteiger partial charge on any atom is 0.416 e. The fraction of sp³-hybridized carbons (Fsp3) is 0.182. The maximum absolute atomic E-state index is 12.7. The Kier molecular flexibility index (Phi) is 5.96. The van der Waals surface area contributed by atoms with Crippen LogP contribution in [-0.2, 0) is 10.9 Å². The molecule has 0 radical (unpaired) electrons. The van der Waals surface area contributed by atoms with Crippen LogP contribution >= 0.6 is 0 Å². The molecule has 8 heteroatoms. The fourth-order valence-corrected chi connectivity index (χ4v) is 2.81. The van der Waals surface area contributed by atoms with Gasteiger partial charge in [-0.2, -0.15) is 13.2 Å². The average molecular weight is 417 g/mol. The number of anilines is 1. The molecule has 0 spiro atoms. The maximum atomic E-state index is 12.7. The number of hydrogen-bond acceptors (Lipinski definition) is 4. The third-order valence-electron chi connectivity index (χ3n) is 4.29. The zero-order chi connectivity index (χ0) is 21.9. The Morgan fingerprint density at radius 2 is 1.77 bits per heavy atom. The lowest BCUT2D eigenvalue weighted by molar-refractivity contribution is -0.137. The van der Waals surface area contributed by atoms with Gasteiger partial charge in [-0.3, -0.25) is 4.79 Å². The fourth-order valence-electron chi connectivity index (χ4n) is 2.81. The summed E-state index contributed by atoms with van der Waals surface area (Å²) in [7, 11) is 0. The molecule has 1 N–H and O–H groups in total. The number of carbonyl (C=O) groups excluding carboxylic acids is 2. The molecule has 0 atom stereocenters. The molecule has 30 heavy (non-hydrogen) atoms. The number of carbonyl (C=O) groups is 2. The number of alkyl halides is 3. The van der Waals surface area contributed by atoms with Gasteiger partial charge in [-0.05, 0) is 50.2 Å². The van der Waals surface area contributed by atoms with Crippen molar-refractivity contribution in [1.82, 2.24) is 0 Å². The molecule has 0 saturated carbocycles. The van der Waals surface area contributed by atoms with Crippen LogP contribution in [-0.4, -0.2) is 18.5 Å². The van der Waals surface area contributed by atoms with E-state index >= 15 is 0 Å². The van der Waals surface area contributed by atoms with Crippen molar-refractivity contribution in [3.63, 3.8) is 0 Å². The van der Waals surface area contributed by atoms with Crippen LogP contribution in [0.3, 0.4) is 0 Å². The third kappa shape index (κ3) is 4.71. The van der Waals surface area contributed by atoms with E-state index in [1.165, 1.54) is 24.3 Å². The van der Waals surface area contributed by atoms with Gasteiger partial charge in [0, 0.05) is 11.3 Å². The Labute approximate surface area is 170 Å². The first-order valence-corrected chi connectivity index (χ1v) is 9.05. The quantitative estimate of drug-likeness (QED) is 0.541. The summed E-state index contributed by atoms with van der Waals surface area (Å²) in [6.45, 7) is 3.51. The molecule has 1 aromatic heterocycles. The van der Waals surface area contributed by atoms with E-state index in [0.717, 1.165) is 12.1 Å². The van der Waals surface area contributed by atoms with Crippen LogP contribution < -0.4 is 5.32 Å². The zero-order valence-corrected chi connectivity index (χ0v) is 16.2. The van der Waals surface area contributed by atoms with Crippen LogP contribution in [0.1, 0.15) is 39.0 Å². The number of hydrogen-bond donors (Lipinski definition) is 1. The summed E-state index contributed by atoms with van der Waals surface area (Å²) in [5.74, 6) is -0.399. The first-order chi connectivity index (χ1) is 14.2. The third-order valence-corrected chi connectivity index (χ3v) is 4.29. The van der Waals surface area contributed by atoms with Crippen molar-refractivity contribution in [1.29, 1.82) is 0 Å². The van der Waals surface area contributed by atoms with E-state index in [0.29, 0.717) is 22.6 Å². The van der Waals surface area contributed by atoms with Gasteiger partial charge < -0.3 is 14.5 Å². The second-order valence-electron chi connectivity index (χ2n) is 6.41. The van der Waals surface area contributed by atoms with Gasteiger partial charge in [0.2, 0.25) is 0 Å². The van der Waals surface area contributed by atoms with Gasteiger partial charge in [0.1, 0.15) is 11.5 Å². The van der Waals surface area contributed by atoms with Gasteiger partial charge in [0.05, 0.1) is 23.3 Å². The van der Waals surface area contributed by atoms with Gasteiger partial charge in [0.15, 0.2) is 0 Å². The van der Waals surface area contributed by atoms with Crippen molar-refractivity contribution < 1.29 is 31.9 Å². The highest BCUT2D eigenvalue weighted by Crippen LogP contribution is 2.32. The molecule has 3 aromatic rings. The lowest BCUT2D eigenvalue weighted by Crippen LogP contribution is -2.13. The van der Waals surface area contributed by atoms with Crippen LogP contribution in [0.5, 0.6) is 0 Å². The minimum Gasteiger partial charge on any atom is -0.462 e. The van der Waals surface area contributed by atoms with Gasteiger partial charge in [-0.25, -0.2) is 4.79 Å². The monoisotopic (exact) mass is 417 g/mol. The normalized spacial score (nSPS) is 11.2. The van der Waals surface area contributed by atoms with E-state index in [1.54, 1.807) is 32.0 Å². The summed E-state index contributed by atoms with van der Waals surface area (Å²) in [6, 6.07) is 12.2. The number of amides is 1. The highest BCUT2D eigenvalue weighted by molar-refractivity contribution is 6.06. The number of benzene rings is 2. The molecular formula is C22H18F3NO4. The predicted octanol–water partition coefficient (Wildman–Crippen LogP) is 5.70. The molecular weight excluding hydrogens is 399 g/mol. The summed E-state index contributed by atoms with van der Waals surface area (Å²) in [5.41, 5.74) is 0.557. The Hall–Kier alpha value is -3.55. The number of rotatable bonds is 5. The van der Waals surface area contributed by atoms with Crippen LogP contribution in [0.15, 0.2) is 59.0 Å². The SMILES string of the molecule is CCOC(=O)c1cccc(NC(=O)c2cc(-c3ccc(C(F)(F)F)cc3)oc2C)c1. The minimum atomic E-state index is -4.43. The van der Waals surface area contributed by atoms with E-state index < -0.39 is 23.6 Å². The molecule has 0 bridgehead atoms. The lowest BCUT2D eigenvalue weighted by Gasteiger charge is -2.07. The average Bonchev–Trinajstić information content (AvgIpc) is 3.09. The molecule has 2 aromatic carbocycles. The van der Waals surface area contributed by atoms with E-state index in [-0.39, 0.29) is 17.9 Å². The molecule has 0 saturated heterocycles. The van der Waals surface area contributed by atoms with E-state index in [1.807, 2.05) is 0 Å². The van der Waals surface area contributed by atoms with E-state index in [2.05, 4.69) is 5.32 Å². The molecule has 0 aliphatic heterocycles. The molecule has 0 aliphatic carbocycles. The molecule has 1 heterocycles. The van der Waals surface area contributed by atoms with Crippen molar-refractivity contribution in [3.8, 4) is 11.3 Å². The van der Waals surface area contributed by atoms with Gasteiger partial charge >= 0.3 is 12.1 Å². The molecule has 0 unspecified atom stereocenters. The smallest absolute Gasteiger partial charge is 0.416 e. The highest BCUT2D eigenvalue weighted by Gasteiger charge is 2.30. The summed E-state index contributed by atoms with van der Waals surface area (Å²) in [6.07, 6.45) is -4.43. The number of halogens is 3. The standard InChI is InChI=1S/C22H18F3NO4/c1-3-29-21(28)15-5-4-6-17(11-15)26-20(27)18-12-19(30-13(18)2)14-7-9-16(10-8-14)22(23,24)25/h4-12H,3H2,1-2H3,(H,26,27). The number of nitrogens with one attached hydrogen (secondary N) is 1. The Morgan fingerprint density at radius 3 is 2.40 bits per heavy atom. The first-order valence-electron chi connectivity index (χ1n) is 9.05. The zero-order valence-electron chi connectivity index (χ0n) is 16.2. The Morgan fingerprint density at radius 1 is 1.07 bits per heavy atom. The van der Waals surface area contributed by atoms with Crippen molar-refractivity contribution in [3.05, 3.63) is 77.0 Å². The Balaban J connectivity index is 1.79. The van der Waals surface area contributed by atoms with Crippen molar-refractivity contribution >= 4 is 17.6 Å². The molecule has 5 nitrogen and oxygen atoms in total. The topological polar surface area (TPSA) is 68.5 Å². The van der Waals surface area contributed by atoms with Crippen LogP contribution in [0.25, 0.3) is 11.3 Å². The number of furan rings is 1. The van der Waals surface area contributed by atoms with Crippen LogP contribution in [0, 0.1) is 6.92 Å². The largest absolute Gasteiger partial charge is 0.462 e.